The van der Waals surface area contributed by atoms with Crippen molar-refractivity contribution >= 4 is 23.5 Å². The molecule has 0 radical (unpaired) electrons. The van der Waals surface area contributed by atoms with Gasteiger partial charge >= 0.3 is 5.97 Å². The summed E-state index contributed by atoms with van der Waals surface area (Å²) in [6, 6.07) is -0.455. The Labute approximate surface area is 118 Å². The molecule has 4 nitrogen and oxygen atoms in total. The third-order valence-corrected chi connectivity index (χ3v) is 2.90. The maximum atomic E-state index is 12.1. The van der Waals surface area contributed by atoms with Gasteiger partial charge in [-0.05, 0) is 33.1 Å². The standard InChI is InChI=1S/C14H22N2O2S/c1-10(2)8-11(13(17)18-14(3,4)5)16-9-12-15-6-7-19-12/h6-7,9-11H,8H2,1-5H3/t11-/m0/s1. The van der Waals surface area contributed by atoms with Crippen LogP contribution in [-0.2, 0) is 9.53 Å². The number of ether oxygens (including phenoxy) is 1. The summed E-state index contributed by atoms with van der Waals surface area (Å²) in [5, 5.41) is 2.68. The highest BCUT2D eigenvalue weighted by atomic mass is 32.1. The van der Waals surface area contributed by atoms with Crippen molar-refractivity contribution in [1.82, 2.24) is 4.98 Å². The Morgan fingerprint density at radius 1 is 1.53 bits per heavy atom. The molecule has 0 unspecified atom stereocenters. The Kier molecular flexibility index (Phi) is 5.66. The molecule has 0 aliphatic heterocycles. The molecule has 5 heteroatoms. The number of thiazole rings is 1. The summed E-state index contributed by atoms with van der Waals surface area (Å²) in [6.45, 7) is 9.72. The molecule has 0 saturated heterocycles. The van der Waals surface area contributed by atoms with Crippen LogP contribution in [0.15, 0.2) is 16.6 Å². The van der Waals surface area contributed by atoms with Crippen LogP contribution >= 0.6 is 11.3 Å². The maximum absolute atomic E-state index is 12.1. The van der Waals surface area contributed by atoms with Gasteiger partial charge in [0.2, 0.25) is 0 Å². The molecule has 0 amide bonds. The Morgan fingerprint density at radius 3 is 2.68 bits per heavy atom. The highest BCUT2D eigenvalue weighted by Crippen LogP contribution is 2.15. The molecule has 0 aromatic carbocycles. The topological polar surface area (TPSA) is 51.5 Å². The van der Waals surface area contributed by atoms with Gasteiger partial charge in [0.05, 0.1) is 6.21 Å². The number of esters is 1. The molecule has 0 bridgehead atoms. The lowest BCUT2D eigenvalue weighted by atomic mass is 10.0. The number of hydrogen-bond donors (Lipinski definition) is 0. The zero-order valence-corrected chi connectivity index (χ0v) is 13.0. The third kappa shape index (κ3) is 6.47. The first kappa shape index (κ1) is 15.8. The minimum absolute atomic E-state index is 0.269. The van der Waals surface area contributed by atoms with Crippen LogP contribution in [0.1, 0.15) is 46.0 Å². The molecule has 19 heavy (non-hydrogen) atoms. The second kappa shape index (κ2) is 6.80. The molecule has 0 aliphatic rings. The van der Waals surface area contributed by atoms with Crippen molar-refractivity contribution in [2.75, 3.05) is 0 Å². The number of rotatable bonds is 5. The molecule has 0 aliphatic carbocycles. The second-order valence-corrected chi connectivity index (χ2v) is 6.75. The number of carbonyl (C=O) groups is 1. The molecule has 0 saturated carbocycles. The van der Waals surface area contributed by atoms with Gasteiger partial charge in [0.15, 0.2) is 0 Å². The van der Waals surface area contributed by atoms with Crippen molar-refractivity contribution in [1.29, 1.82) is 0 Å². The van der Waals surface area contributed by atoms with Gasteiger partial charge in [-0.3, -0.25) is 4.99 Å². The van der Waals surface area contributed by atoms with E-state index in [0.29, 0.717) is 12.3 Å². The fourth-order valence-electron chi connectivity index (χ4n) is 1.49. The number of nitrogens with zero attached hydrogens (tertiary/aromatic N) is 2. The van der Waals surface area contributed by atoms with Crippen molar-refractivity contribution in [3.63, 3.8) is 0 Å². The number of aromatic nitrogens is 1. The van der Waals surface area contributed by atoms with Crippen LogP contribution in [0.2, 0.25) is 0 Å². The average molecular weight is 282 g/mol. The molecule has 0 fully saturated rings. The molecule has 1 heterocycles. The van der Waals surface area contributed by atoms with Gasteiger partial charge in [-0.25, -0.2) is 9.78 Å². The largest absolute Gasteiger partial charge is 0.458 e. The zero-order chi connectivity index (χ0) is 14.5. The van der Waals surface area contributed by atoms with Crippen molar-refractivity contribution in [3.05, 3.63) is 16.6 Å². The number of hydrogen-bond acceptors (Lipinski definition) is 5. The summed E-state index contributed by atoms with van der Waals surface area (Å²) in [6.07, 6.45) is 4.05. The molecule has 0 N–H and O–H groups in total. The fraction of sp³-hybridized carbons (Fsp3) is 0.643. The van der Waals surface area contributed by atoms with Crippen LogP contribution in [-0.4, -0.2) is 28.8 Å². The van der Waals surface area contributed by atoms with E-state index in [-0.39, 0.29) is 5.97 Å². The summed E-state index contributed by atoms with van der Waals surface area (Å²) in [5.74, 6) is 0.111. The Balaban J connectivity index is 2.74. The first-order valence-electron chi connectivity index (χ1n) is 6.43. The highest BCUT2D eigenvalue weighted by molar-refractivity contribution is 7.11. The summed E-state index contributed by atoms with van der Waals surface area (Å²) in [5.41, 5.74) is -0.483. The van der Waals surface area contributed by atoms with E-state index in [9.17, 15) is 4.79 Å². The van der Waals surface area contributed by atoms with Crippen molar-refractivity contribution in [2.24, 2.45) is 10.9 Å². The number of aliphatic imine (C=N–C) groups is 1. The van der Waals surface area contributed by atoms with E-state index in [1.807, 2.05) is 26.2 Å². The highest BCUT2D eigenvalue weighted by Gasteiger charge is 2.25. The molecular weight excluding hydrogens is 260 g/mol. The first-order valence-corrected chi connectivity index (χ1v) is 7.31. The van der Waals surface area contributed by atoms with Crippen molar-refractivity contribution in [2.45, 2.75) is 52.7 Å². The Bertz CT molecular complexity index is 419. The summed E-state index contributed by atoms with van der Waals surface area (Å²) >= 11 is 1.50. The zero-order valence-electron chi connectivity index (χ0n) is 12.2. The monoisotopic (exact) mass is 282 g/mol. The molecule has 0 spiro atoms. The van der Waals surface area contributed by atoms with E-state index < -0.39 is 11.6 Å². The smallest absolute Gasteiger partial charge is 0.331 e. The summed E-state index contributed by atoms with van der Waals surface area (Å²) in [7, 11) is 0. The number of carbonyl (C=O) groups excluding carboxylic acids is 1. The van der Waals surface area contributed by atoms with Crippen molar-refractivity contribution < 1.29 is 9.53 Å². The van der Waals surface area contributed by atoms with Gasteiger partial charge in [0.1, 0.15) is 16.7 Å². The Hall–Kier alpha value is -1.23. The van der Waals surface area contributed by atoms with Crippen LogP contribution in [0, 0.1) is 5.92 Å². The quantitative estimate of drug-likeness (QED) is 0.615. The molecule has 1 aromatic rings. The Morgan fingerprint density at radius 2 is 2.21 bits per heavy atom. The normalized spacial score (nSPS) is 14.0. The van der Waals surface area contributed by atoms with Crippen LogP contribution in [0.3, 0.4) is 0 Å². The fourth-order valence-corrected chi connectivity index (χ4v) is 1.99. The van der Waals surface area contributed by atoms with Crippen LogP contribution in [0.5, 0.6) is 0 Å². The lowest BCUT2D eigenvalue weighted by molar-refractivity contribution is -0.156. The predicted octanol–water partition coefficient (Wildman–Crippen LogP) is 3.32. The van der Waals surface area contributed by atoms with Gasteiger partial charge in [0.25, 0.3) is 0 Å². The van der Waals surface area contributed by atoms with E-state index in [4.69, 9.17) is 4.74 Å². The minimum Gasteiger partial charge on any atom is -0.458 e. The van der Waals surface area contributed by atoms with Gasteiger partial charge in [0, 0.05) is 11.6 Å². The van der Waals surface area contributed by atoms with Crippen molar-refractivity contribution in [3.8, 4) is 0 Å². The van der Waals surface area contributed by atoms with E-state index in [2.05, 4.69) is 23.8 Å². The summed E-state index contributed by atoms with van der Waals surface area (Å²) < 4.78 is 5.40. The van der Waals surface area contributed by atoms with E-state index in [1.165, 1.54) is 11.3 Å². The lowest BCUT2D eigenvalue weighted by Gasteiger charge is -2.23. The third-order valence-electron chi connectivity index (χ3n) is 2.19. The van der Waals surface area contributed by atoms with E-state index in [0.717, 1.165) is 5.01 Å². The molecule has 1 aromatic heterocycles. The minimum atomic E-state index is -0.483. The predicted molar refractivity (Wildman–Crippen MR) is 78.8 cm³/mol. The van der Waals surface area contributed by atoms with E-state index in [1.54, 1.807) is 12.4 Å². The average Bonchev–Trinajstić information content (AvgIpc) is 2.73. The van der Waals surface area contributed by atoms with Gasteiger partial charge in [-0.2, -0.15) is 0 Å². The first-order chi connectivity index (χ1) is 8.78. The van der Waals surface area contributed by atoms with Gasteiger partial charge in [-0.15, -0.1) is 11.3 Å². The molecule has 1 atom stereocenters. The van der Waals surface area contributed by atoms with E-state index >= 15 is 0 Å². The summed E-state index contributed by atoms with van der Waals surface area (Å²) in [4.78, 5) is 20.6. The molecule has 106 valence electrons. The van der Waals surface area contributed by atoms with Gasteiger partial charge < -0.3 is 4.74 Å². The van der Waals surface area contributed by atoms with Crippen LogP contribution < -0.4 is 0 Å². The van der Waals surface area contributed by atoms with Crippen LogP contribution in [0.4, 0.5) is 0 Å². The van der Waals surface area contributed by atoms with Gasteiger partial charge in [-0.1, -0.05) is 13.8 Å². The second-order valence-electron chi connectivity index (χ2n) is 5.83. The molecular formula is C14H22N2O2S. The van der Waals surface area contributed by atoms with Crippen LogP contribution in [0.25, 0.3) is 0 Å². The SMILES string of the molecule is CC(C)C[C@H](N=Cc1nccs1)C(=O)OC(C)(C)C. The lowest BCUT2D eigenvalue weighted by Crippen LogP contribution is -2.31. The maximum Gasteiger partial charge on any atom is 0.331 e. The molecule has 1 rings (SSSR count).